The number of Topliss-reactive ketones (excluding diaryl/α,β-unsaturated/α-hetero) is 1. The second kappa shape index (κ2) is 7.57. The number of nitrogens with one attached hydrogen (secondary N) is 1. The average Bonchev–Trinajstić information content (AvgIpc) is 3.24. The number of ketones is 1. The van der Waals surface area contributed by atoms with E-state index in [1.165, 1.54) is 31.5 Å². The lowest BCUT2D eigenvalue weighted by Crippen LogP contribution is -2.15. The summed E-state index contributed by atoms with van der Waals surface area (Å²) < 4.78 is 1.84. The summed E-state index contributed by atoms with van der Waals surface area (Å²) in [5.41, 5.74) is 1.29. The van der Waals surface area contributed by atoms with Gasteiger partial charge in [0, 0.05) is 11.3 Å². The Morgan fingerprint density at radius 1 is 1.25 bits per heavy atom. The Hall–Kier alpha value is -2.22. The van der Waals surface area contributed by atoms with Gasteiger partial charge in [0.1, 0.15) is 0 Å². The highest BCUT2D eigenvalue weighted by Gasteiger charge is 2.22. The van der Waals surface area contributed by atoms with Gasteiger partial charge in [-0.2, -0.15) is 0 Å². The van der Waals surface area contributed by atoms with Crippen molar-refractivity contribution < 1.29 is 9.59 Å². The Morgan fingerprint density at radius 3 is 2.62 bits per heavy atom. The fourth-order valence-corrected chi connectivity index (χ4v) is 3.52. The van der Waals surface area contributed by atoms with Crippen molar-refractivity contribution in [3.05, 3.63) is 29.8 Å². The zero-order valence-electron chi connectivity index (χ0n) is 13.4. The van der Waals surface area contributed by atoms with Gasteiger partial charge in [0.15, 0.2) is 5.78 Å². The molecular weight excluding hydrogens is 326 g/mol. The number of carbonyl (C=O) groups is 2. The van der Waals surface area contributed by atoms with Crippen LogP contribution in [0.1, 0.15) is 49.0 Å². The van der Waals surface area contributed by atoms with Crippen LogP contribution in [0.5, 0.6) is 0 Å². The van der Waals surface area contributed by atoms with Crippen LogP contribution in [0.2, 0.25) is 0 Å². The monoisotopic (exact) mass is 345 g/mol. The van der Waals surface area contributed by atoms with Gasteiger partial charge in [0.2, 0.25) is 11.1 Å². The second-order valence-electron chi connectivity index (χ2n) is 5.81. The van der Waals surface area contributed by atoms with Gasteiger partial charge in [-0.1, -0.05) is 24.6 Å². The average molecular weight is 345 g/mol. The van der Waals surface area contributed by atoms with Crippen LogP contribution < -0.4 is 5.32 Å². The maximum Gasteiger partial charge on any atom is 0.234 e. The quantitative estimate of drug-likeness (QED) is 0.639. The first-order valence-electron chi connectivity index (χ1n) is 7.95. The molecule has 1 aliphatic rings. The van der Waals surface area contributed by atoms with Crippen molar-refractivity contribution in [2.24, 2.45) is 0 Å². The molecule has 1 aromatic carbocycles. The zero-order chi connectivity index (χ0) is 16.9. The van der Waals surface area contributed by atoms with Crippen LogP contribution in [0.25, 0.3) is 0 Å². The highest BCUT2D eigenvalue weighted by atomic mass is 32.2. The number of hydrogen-bond donors (Lipinski definition) is 1. The van der Waals surface area contributed by atoms with E-state index in [9.17, 15) is 9.59 Å². The molecule has 1 saturated carbocycles. The largest absolute Gasteiger partial charge is 0.325 e. The minimum atomic E-state index is -0.128. The normalized spacial score (nSPS) is 14.7. The highest BCUT2D eigenvalue weighted by Crippen LogP contribution is 2.31. The van der Waals surface area contributed by atoms with E-state index in [4.69, 9.17) is 0 Å². The van der Waals surface area contributed by atoms with Crippen LogP contribution in [0.15, 0.2) is 29.4 Å². The Balaban J connectivity index is 1.54. The number of rotatable bonds is 6. The Bertz CT molecular complexity index is 722. The van der Waals surface area contributed by atoms with Crippen LogP contribution in [-0.4, -0.2) is 37.7 Å². The van der Waals surface area contributed by atoms with Crippen LogP contribution in [0.3, 0.4) is 0 Å². The first-order valence-corrected chi connectivity index (χ1v) is 8.93. The van der Waals surface area contributed by atoms with Gasteiger partial charge in [-0.05, 0) is 54.5 Å². The summed E-state index contributed by atoms with van der Waals surface area (Å²) in [6.07, 6.45) is 4.58. The van der Waals surface area contributed by atoms with Gasteiger partial charge < -0.3 is 5.32 Å². The molecule has 0 spiro atoms. The highest BCUT2D eigenvalue weighted by molar-refractivity contribution is 7.99. The molecule has 1 aromatic heterocycles. The number of nitrogens with zero attached hydrogens (tertiary/aromatic N) is 4. The third-order valence-electron chi connectivity index (χ3n) is 4.04. The van der Waals surface area contributed by atoms with E-state index in [1.807, 2.05) is 4.68 Å². The van der Waals surface area contributed by atoms with Gasteiger partial charge in [-0.25, -0.2) is 4.68 Å². The molecule has 1 heterocycles. The summed E-state index contributed by atoms with van der Waals surface area (Å²) in [6.45, 7) is 1.51. The first-order chi connectivity index (χ1) is 11.6. The van der Waals surface area contributed by atoms with Gasteiger partial charge in [0.25, 0.3) is 0 Å². The number of amides is 1. The summed E-state index contributed by atoms with van der Waals surface area (Å²) in [7, 11) is 0. The number of carbonyl (C=O) groups excluding carboxylic acids is 2. The number of benzene rings is 1. The Kier molecular flexibility index (Phi) is 5.24. The molecule has 0 unspecified atom stereocenters. The molecule has 3 rings (SSSR count). The fraction of sp³-hybridized carbons (Fsp3) is 0.438. The lowest BCUT2D eigenvalue weighted by atomic mass is 10.1. The van der Waals surface area contributed by atoms with E-state index in [0.29, 0.717) is 22.4 Å². The minimum Gasteiger partial charge on any atom is -0.325 e. The van der Waals surface area contributed by atoms with Crippen molar-refractivity contribution in [3.63, 3.8) is 0 Å². The first kappa shape index (κ1) is 16.6. The fourth-order valence-electron chi connectivity index (χ4n) is 2.77. The van der Waals surface area contributed by atoms with Crippen LogP contribution in [0, 0.1) is 0 Å². The maximum absolute atomic E-state index is 12.1. The van der Waals surface area contributed by atoms with Crippen LogP contribution in [0.4, 0.5) is 5.69 Å². The molecular formula is C16H19N5O2S. The molecule has 0 aliphatic heterocycles. The lowest BCUT2D eigenvalue weighted by molar-refractivity contribution is -0.113. The van der Waals surface area contributed by atoms with Gasteiger partial charge in [0.05, 0.1) is 11.8 Å². The molecule has 0 saturated heterocycles. The second-order valence-corrected chi connectivity index (χ2v) is 6.76. The summed E-state index contributed by atoms with van der Waals surface area (Å²) in [5.74, 6) is 0.111. The van der Waals surface area contributed by atoms with E-state index in [-0.39, 0.29) is 17.4 Å². The number of tetrazole rings is 1. The molecule has 1 aliphatic carbocycles. The third kappa shape index (κ3) is 4.00. The molecule has 0 atom stereocenters. The summed E-state index contributed by atoms with van der Waals surface area (Å²) >= 11 is 1.34. The molecule has 0 radical (unpaired) electrons. The van der Waals surface area contributed by atoms with Crippen molar-refractivity contribution in [2.45, 2.75) is 43.8 Å². The number of aromatic nitrogens is 4. The summed E-state index contributed by atoms with van der Waals surface area (Å²) in [6, 6.07) is 7.20. The molecule has 8 heteroatoms. The van der Waals surface area contributed by atoms with Crippen molar-refractivity contribution in [3.8, 4) is 0 Å². The predicted molar refractivity (Wildman–Crippen MR) is 91.1 cm³/mol. The third-order valence-corrected chi connectivity index (χ3v) is 4.97. The van der Waals surface area contributed by atoms with Crippen LogP contribution in [-0.2, 0) is 4.79 Å². The van der Waals surface area contributed by atoms with Gasteiger partial charge in [-0.15, -0.1) is 5.10 Å². The van der Waals surface area contributed by atoms with E-state index >= 15 is 0 Å². The van der Waals surface area contributed by atoms with Crippen molar-refractivity contribution in [1.29, 1.82) is 0 Å². The summed E-state index contributed by atoms with van der Waals surface area (Å²) in [4.78, 5) is 23.3. The van der Waals surface area contributed by atoms with Gasteiger partial charge in [-0.3, -0.25) is 9.59 Å². The number of thioether (sulfide) groups is 1. The molecule has 7 nitrogen and oxygen atoms in total. The van der Waals surface area contributed by atoms with Crippen molar-refractivity contribution in [1.82, 2.24) is 20.2 Å². The van der Waals surface area contributed by atoms with Crippen molar-refractivity contribution in [2.75, 3.05) is 11.1 Å². The zero-order valence-corrected chi connectivity index (χ0v) is 14.3. The predicted octanol–water partition coefficient (Wildman–Crippen LogP) is 2.72. The van der Waals surface area contributed by atoms with E-state index in [0.717, 1.165) is 12.8 Å². The summed E-state index contributed by atoms with van der Waals surface area (Å²) in [5, 5.41) is 15.3. The Morgan fingerprint density at radius 2 is 1.96 bits per heavy atom. The van der Waals surface area contributed by atoms with E-state index < -0.39 is 0 Å². The molecule has 24 heavy (non-hydrogen) atoms. The number of hydrogen-bond acceptors (Lipinski definition) is 6. The molecule has 1 N–H and O–H groups in total. The SMILES string of the molecule is CC(=O)c1ccc(NC(=O)CSc2nnnn2C2CCCC2)cc1. The maximum atomic E-state index is 12.1. The van der Waals surface area contributed by atoms with E-state index in [2.05, 4.69) is 20.8 Å². The number of anilines is 1. The molecule has 1 fully saturated rings. The minimum absolute atomic E-state index is 0.00202. The lowest BCUT2D eigenvalue weighted by Gasteiger charge is -2.10. The van der Waals surface area contributed by atoms with Gasteiger partial charge >= 0.3 is 0 Å². The molecule has 1 amide bonds. The molecule has 126 valence electrons. The van der Waals surface area contributed by atoms with Crippen molar-refractivity contribution >= 4 is 29.1 Å². The molecule has 2 aromatic rings. The topological polar surface area (TPSA) is 89.8 Å². The van der Waals surface area contributed by atoms with E-state index in [1.54, 1.807) is 24.3 Å². The molecule has 0 bridgehead atoms. The Labute approximate surface area is 144 Å². The standard InChI is InChI=1S/C16H19N5O2S/c1-11(22)12-6-8-13(9-7-12)17-15(23)10-24-16-18-19-20-21(16)14-4-2-3-5-14/h6-9,14H,2-5,10H2,1H3,(H,17,23). The van der Waals surface area contributed by atoms with Crippen LogP contribution >= 0.6 is 11.8 Å². The smallest absolute Gasteiger partial charge is 0.234 e.